The largest absolute Gasteiger partial charge is 0.348 e. The number of aryl methyl sites for hydroxylation is 1. The van der Waals surface area contributed by atoms with Crippen molar-refractivity contribution in [1.29, 1.82) is 0 Å². The van der Waals surface area contributed by atoms with Crippen LogP contribution in [0.5, 0.6) is 0 Å². The molecule has 0 bridgehead atoms. The first-order valence-electron chi connectivity index (χ1n) is 8.90. The minimum Gasteiger partial charge on any atom is -0.348 e. The number of anilines is 3. The molecule has 0 saturated heterocycles. The van der Waals surface area contributed by atoms with Crippen LogP contribution in [0.2, 0.25) is 0 Å². The molecule has 4 rings (SSSR count). The zero-order valence-corrected chi connectivity index (χ0v) is 15.5. The van der Waals surface area contributed by atoms with Gasteiger partial charge in [-0.25, -0.2) is 9.97 Å². The van der Waals surface area contributed by atoms with E-state index >= 15 is 0 Å². The van der Waals surface area contributed by atoms with Crippen molar-refractivity contribution in [2.75, 3.05) is 10.6 Å². The standard InChI is InChI=1S/C21H19N5O2/c1-12-4-3-5-14(10-12)25-21-22-9-8-17(26-21)15-6-7-18(24-13(2)27)19-16(15)11-23-20(19)28/h3-10H,11H2,1-2H3,(H,23,28)(H,24,27)(H,22,25,26). The SMILES string of the molecule is CC(=O)Nc1ccc(-c2ccnc(Nc3cccc(C)c3)n2)c2c1C(=O)NC2. The zero-order chi connectivity index (χ0) is 19.7. The molecule has 3 aromatic rings. The number of nitrogens with one attached hydrogen (secondary N) is 3. The Labute approximate surface area is 162 Å². The highest BCUT2D eigenvalue weighted by Gasteiger charge is 2.26. The van der Waals surface area contributed by atoms with Gasteiger partial charge in [0.05, 0.1) is 16.9 Å². The van der Waals surface area contributed by atoms with Crippen LogP contribution in [0.25, 0.3) is 11.3 Å². The first kappa shape index (κ1) is 17.7. The maximum Gasteiger partial charge on any atom is 0.254 e. The minimum atomic E-state index is -0.221. The number of hydrogen-bond acceptors (Lipinski definition) is 5. The van der Waals surface area contributed by atoms with Crippen LogP contribution in [-0.4, -0.2) is 21.8 Å². The highest BCUT2D eigenvalue weighted by Crippen LogP contribution is 2.33. The molecule has 140 valence electrons. The lowest BCUT2D eigenvalue weighted by atomic mass is 9.98. The molecule has 0 unspecified atom stereocenters. The van der Waals surface area contributed by atoms with Crippen molar-refractivity contribution in [2.24, 2.45) is 0 Å². The molecular formula is C21H19N5O2. The number of rotatable bonds is 4. The van der Waals surface area contributed by atoms with E-state index in [0.717, 1.165) is 22.4 Å². The van der Waals surface area contributed by atoms with Crippen LogP contribution in [0.4, 0.5) is 17.3 Å². The molecule has 7 heteroatoms. The fraction of sp³-hybridized carbons (Fsp3) is 0.143. The molecule has 0 radical (unpaired) electrons. The summed E-state index contributed by atoms with van der Waals surface area (Å²) in [7, 11) is 0. The molecule has 0 fully saturated rings. The third kappa shape index (κ3) is 3.42. The summed E-state index contributed by atoms with van der Waals surface area (Å²) in [6.45, 7) is 3.83. The van der Waals surface area contributed by atoms with Crippen LogP contribution >= 0.6 is 0 Å². The molecule has 3 N–H and O–H groups in total. The van der Waals surface area contributed by atoms with Crippen LogP contribution in [0.1, 0.15) is 28.4 Å². The van der Waals surface area contributed by atoms with Crippen LogP contribution in [0.3, 0.4) is 0 Å². The molecule has 28 heavy (non-hydrogen) atoms. The number of carbonyl (C=O) groups excluding carboxylic acids is 2. The van der Waals surface area contributed by atoms with Gasteiger partial charge in [0.1, 0.15) is 0 Å². The van der Waals surface area contributed by atoms with Gasteiger partial charge in [-0.2, -0.15) is 0 Å². The van der Waals surface area contributed by atoms with Gasteiger partial charge >= 0.3 is 0 Å². The van der Waals surface area contributed by atoms with Gasteiger partial charge in [0.25, 0.3) is 5.91 Å². The van der Waals surface area contributed by atoms with Gasteiger partial charge in [0, 0.05) is 30.9 Å². The minimum absolute atomic E-state index is 0.201. The van der Waals surface area contributed by atoms with Crippen molar-refractivity contribution in [2.45, 2.75) is 20.4 Å². The van der Waals surface area contributed by atoms with Crippen molar-refractivity contribution in [1.82, 2.24) is 15.3 Å². The first-order valence-corrected chi connectivity index (χ1v) is 8.90. The number of amides is 2. The topological polar surface area (TPSA) is 96.0 Å². The van der Waals surface area contributed by atoms with Gasteiger partial charge in [-0.15, -0.1) is 0 Å². The van der Waals surface area contributed by atoms with Gasteiger partial charge in [-0.05, 0) is 42.3 Å². The summed E-state index contributed by atoms with van der Waals surface area (Å²) >= 11 is 0. The normalized spacial score (nSPS) is 12.3. The second-order valence-corrected chi connectivity index (χ2v) is 6.64. The Morgan fingerprint density at radius 2 is 2.04 bits per heavy atom. The maximum atomic E-state index is 12.3. The Balaban J connectivity index is 1.72. The van der Waals surface area contributed by atoms with Crippen molar-refractivity contribution in [3.63, 3.8) is 0 Å². The number of benzene rings is 2. The molecule has 1 aliphatic rings. The predicted molar refractivity (Wildman–Crippen MR) is 107 cm³/mol. The second kappa shape index (κ2) is 7.11. The lowest BCUT2D eigenvalue weighted by molar-refractivity contribution is -0.114. The van der Waals surface area contributed by atoms with E-state index in [2.05, 4.69) is 25.9 Å². The van der Waals surface area contributed by atoms with Gasteiger partial charge in [0.15, 0.2) is 0 Å². The Bertz CT molecular complexity index is 1090. The van der Waals surface area contributed by atoms with E-state index < -0.39 is 0 Å². The fourth-order valence-electron chi connectivity index (χ4n) is 3.30. The van der Waals surface area contributed by atoms with Crippen LogP contribution in [0.15, 0.2) is 48.7 Å². The molecule has 2 aromatic carbocycles. The number of hydrogen-bond donors (Lipinski definition) is 3. The summed E-state index contributed by atoms with van der Waals surface area (Å²) in [5, 5.41) is 8.75. The van der Waals surface area contributed by atoms with E-state index in [4.69, 9.17) is 0 Å². The molecule has 1 aliphatic heterocycles. The number of carbonyl (C=O) groups is 2. The molecule has 2 heterocycles. The van der Waals surface area contributed by atoms with E-state index in [-0.39, 0.29) is 11.8 Å². The smallest absolute Gasteiger partial charge is 0.254 e. The molecule has 0 aliphatic carbocycles. The van der Waals surface area contributed by atoms with Crippen molar-refractivity contribution >= 4 is 29.1 Å². The van der Waals surface area contributed by atoms with Gasteiger partial charge in [-0.3, -0.25) is 9.59 Å². The number of aromatic nitrogens is 2. The van der Waals surface area contributed by atoms with E-state index in [1.165, 1.54) is 6.92 Å². The molecule has 0 spiro atoms. The lowest BCUT2D eigenvalue weighted by Crippen LogP contribution is -2.15. The zero-order valence-electron chi connectivity index (χ0n) is 15.5. The van der Waals surface area contributed by atoms with Crippen LogP contribution in [0, 0.1) is 6.92 Å². The monoisotopic (exact) mass is 373 g/mol. The molecule has 7 nitrogen and oxygen atoms in total. The predicted octanol–water partition coefficient (Wildman–Crippen LogP) is 3.40. The molecule has 2 amide bonds. The average Bonchev–Trinajstić information content (AvgIpc) is 3.04. The highest BCUT2D eigenvalue weighted by molar-refractivity contribution is 6.08. The Kier molecular flexibility index (Phi) is 4.49. The van der Waals surface area contributed by atoms with E-state index in [9.17, 15) is 9.59 Å². The quantitative estimate of drug-likeness (QED) is 0.651. The molecule has 0 atom stereocenters. The van der Waals surface area contributed by atoms with Gasteiger partial charge in [0.2, 0.25) is 11.9 Å². The van der Waals surface area contributed by atoms with E-state index in [0.29, 0.717) is 29.4 Å². The fourth-order valence-corrected chi connectivity index (χ4v) is 3.30. The molecule has 0 saturated carbocycles. The summed E-state index contributed by atoms with van der Waals surface area (Å²) in [4.78, 5) is 32.6. The van der Waals surface area contributed by atoms with E-state index in [1.807, 2.05) is 37.3 Å². The van der Waals surface area contributed by atoms with Crippen LogP contribution in [-0.2, 0) is 11.3 Å². The van der Waals surface area contributed by atoms with Crippen molar-refractivity contribution in [3.05, 3.63) is 65.4 Å². The summed E-state index contributed by atoms with van der Waals surface area (Å²) in [6, 6.07) is 13.3. The molecular weight excluding hydrogens is 354 g/mol. The van der Waals surface area contributed by atoms with E-state index in [1.54, 1.807) is 18.3 Å². The Morgan fingerprint density at radius 3 is 2.82 bits per heavy atom. The van der Waals surface area contributed by atoms with Gasteiger partial charge in [-0.1, -0.05) is 18.2 Å². The highest BCUT2D eigenvalue weighted by atomic mass is 16.2. The maximum absolute atomic E-state index is 12.3. The first-order chi connectivity index (χ1) is 13.5. The van der Waals surface area contributed by atoms with Crippen molar-refractivity contribution in [3.8, 4) is 11.3 Å². The van der Waals surface area contributed by atoms with Gasteiger partial charge < -0.3 is 16.0 Å². The lowest BCUT2D eigenvalue weighted by Gasteiger charge is -2.12. The Hall–Kier alpha value is -3.74. The third-order valence-electron chi connectivity index (χ3n) is 4.48. The summed E-state index contributed by atoms with van der Waals surface area (Å²) in [6.07, 6.45) is 1.68. The third-order valence-corrected chi connectivity index (χ3v) is 4.48. The average molecular weight is 373 g/mol. The summed E-state index contributed by atoms with van der Waals surface area (Å²) < 4.78 is 0. The number of nitrogens with zero attached hydrogens (tertiary/aromatic N) is 2. The summed E-state index contributed by atoms with van der Waals surface area (Å²) in [5.74, 6) is 0.0502. The van der Waals surface area contributed by atoms with Crippen LogP contribution < -0.4 is 16.0 Å². The number of fused-ring (bicyclic) bond motifs is 1. The second-order valence-electron chi connectivity index (χ2n) is 6.64. The summed E-state index contributed by atoms with van der Waals surface area (Å²) in [5.41, 5.74) is 5.38. The van der Waals surface area contributed by atoms with Crippen molar-refractivity contribution < 1.29 is 9.59 Å². The molecule has 1 aromatic heterocycles. The Morgan fingerprint density at radius 1 is 1.18 bits per heavy atom.